The topological polar surface area (TPSA) is 51.6 Å². The molecule has 4 aromatic carbocycles. The van der Waals surface area contributed by atoms with Gasteiger partial charge >= 0.3 is 0 Å². The van der Waals surface area contributed by atoms with Crippen molar-refractivity contribution in [2.75, 3.05) is 0 Å². The van der Waals surface area contributed by atoms with Gasteiger partial charge in [-0.3, -0.25) is 9.97 Å². The molecule has 8 rings (SSSR count). The van der Waals surface area contributed by atoms with Gasteiger partial charge in [-0.25, -0.2) is 0 Å². The van der Waals surface area contributed by atoms with Crippen molar-refractivity contribution < 1.29 is 20.1 Å². The standard InChI is InChI=1S/C33H26N3.C11H8N.Ir/c1-20-13-25(28-17-24(10-8-22(28)3)31-7-5-6-12-34-31)16-26(14-20)29-18-32-30(15-21(2)19-35-32)27-11-9-23(4)36-33(27)29;1-2-6-10(7-3-1)11-8-4-5-9-12-11;/h5-9,11-19H,1-4H3;1-6,8-9H;/q2*-1;. The van der Waals surface area contributed by atoms with Gasteiger partial charge in [-0.05, 0) is 90.8 Å². The average molecular weight is 811 g/mol. The van der Waals surface area contributed by atoms with Gasteiger partial charge in [0.15, 0.2) is 0 Å². The summed E-state index contributed by atoms with van der Waals surface area (Å²) in [5, 5.41) is 2.28. The minimum absolute atomic E-state index is 0. The Bertz CT molecular complexity index is 2340. The molecule has 0 saturated heterocycles. The van der Waals surface area contributed by atoms with Gasteiger partial charge in [0, 0.05) is 60.7 Å². The maximum Gasteiger partial charge on any atom is 0.0791 e. The monoisotopic (exact) mass is 811 g/mol. The first-order valence-corrected chi connectivity index (χ1v) is 16.0. The predicted octanol–water partition coefficient (Wildman–Crippen LogP) is 10.8. The van der Waals surface area contributed by atoms with Crippen molar-refractivity contribution in [3.63, 3.8) is 0 Å². The molecule has 5 heteroatoms. The van der Waals surface area contributed by atoms with Gasteiger partial charge in [-0.2, -0.15) is 0 Å². The van der Waals surface area contributed by atoms with E-state index in [9.17, 15) is 0 Å². The van der Waals surface area contributed by atoms with E-state index in [1.54, 1.807) is 6.20 Å². The minimum atomic E-state index is 0. The molecule has 0 amide bonds. The molecule has 0 aliphatic carbocycles. The smallest absolute Gasteiger partial charge is 0.0791 e. The molecule has 0 N–H and O–H groups in total. The van der Waals surface area contributed by atoms with Crippen LogP contribution in [0.4, 0.5) is 0 Å². The molecule has 49 heavy (non-hydrogen) atoms. The average Bonchev–Trinajstić information content (AvgIpc) is 3.12. The summed E-state index contributed by atoms with van der Waals surface area (Å²) < 4.78 is 0. The number of fused-ring (bicyclic) bond motifs is 3. The number of aryl methyl sites for hydroxylation is 4. The molecule has 0 bridgehead atoms. The third-order valence-corrected chi connectivity index (χ3v) is 8.36. The third kappa shape index (κ3) is 7.39. The molecule has 241 valence electrons. The van der Waals surface area contributed by atoms with E-state index in [0.717, 1.165) is 66.7 Å². The molecule has 4 heterocycles. The van der Waals surface area contributed by atoms with Gasteiger partial charge in [-0.1, -0.05) is 55.0 Å². The zero-order valence-electron chi connectivity index (χ0n) is 27.8. The van der Waals surface area contributed by atoms with Crippen LogP contribution in [0.3, 0.4) is 0 Å². The van der Waals surface area contributed by atoms with Crippen LogP contribution in [0.15, 0.2) is 134 Å². The predicted molar refractivity (Wildman–Crippen MR) is 197 cm³/mol. The van der Waals surface area contributed by atoms with Crippen LogP contribution in [-0.4, -0.2) is 19.9 Å². The van der Waals surface area contributed by atoms with Crippen molar-refractivity contribution in [3.8, 4) is 44.8 Å². The summed E-state index contributed by atoms with van der Waals surface area (Å²) in [5.74, 6) is 0. The van der Waals surface area contributed by atoms with Gasteiger partial charge in [0.05, 0.1) is 11.0 Å². The minimum Gasteiger partial charge on any atom is -0.305 e. The summed E-state index contributed by atoms with van der Waals surface area (Å²) in [4.78, 5) is 18.5. The normalized spacial score (nSPS) is 10.7. The van der Waals surface area contributed by atoms with Crippen LogP contribution in [-0.2, 0) is 20.1 Å². The zero-order chi connectivity index (χ0) is 33.0. The van der Waals surface area contributed by atoms with E-state index < -0.39 is 0 Å². The Labute approximate surface area is 301 Å². The fourth-order valence-electron chi connectivity index (χ4n) is 6.03. The van der Waals surface area contributed by atoms with E-state index in [1.807, 2.05) is 80.0 Å². The van der Waals surface area contributed by atoms with E-state index in [4.69, 9.17) is 9.97 Å². The van der Waals surface area contributed by atoms with Crippen molar-refractivity contribution in [2.24, 2.45) is 0 Å². The number of hydrogen-bond acceptors (Lipinski definition) is 4. The summed E-state index contributed by atoms with van der Waals surface area (Å²) in [7, 11) is 0. The Kier molecular flexibility index (Phi) is 10.1. The Morgan fingerprint density at radius 3 is 1.96 bits per heavy atom. The van der Waals surface area contributed by atoms with Crippen LogP contribution in [0.25, 0.3) is 66.6 Å². The van der Waals surface area contributed by atoms with Crippen molar-refractivity contribution in [1.82, 2.24) is 19.9 Å². The fraction of sp³-hybridized carbons (Fsp3) is 0.0909. The molecule has 0 atom stereocenters. The molecule has 0 spiro atoms. The Morgan fingerprint density at radius 2 is 1.27 bits per heavy atom. The maximum atomic E-state index is 4.99. The molecule has 4 nitrogen and oxygen atoms in total. The van der Waals surface area contributed by atoms with Crippen molar-refractivity contribution in [1.29, 1.82) is 0 Å². The fourth-order valence-corrected chi connectivity index (χ4v) is 6.03. The van der Waals surface area contributed by atoms with Crippen LogP contribution in [0.5, 0.6) is 0 Å². The van der Waals surface area contributed by atoms with E-state index >= 15 is 0 Å². The van der Waals surface area contributed by atoms with Gasteiger partial charge < -0.3 is 9.97 Å². The molecule has 0 saturated carbocycles. The number of benzene rings is 4. The molecule has 4 aromatic heterocycles. The number of aromatic nitrogens is 4. The van der Waals surface area contributed by atoms with E-state index in [0.29, 0.717) is 0 Å². The first-order valence-electron chi connectivity index (χ1n) is 16.0. The summed E-state index contributed by atoms with van der Waals surface area (Å²) in [6.45, 7) is 8.42. The molecule has 0 aliphatic heterocycles. The number of rotatable bonds is 4. The summed E-state index contributed by atoms with van der Waals surface area (Å²) in [6.07, 6.45) is 5.54. The third-order valence-electron chi connectivity index (χ3n) is 8.36. The van der Waals surface area contributed by atoms with Crippen molar-refractivity contribution in [3.05, 3.63) is 168 Å². The quantitative estimate of drug-likeness (QED) is 0.131. The van der Waals surface area contributed by atoms with E-state index in [-0.39, 0.29) is 20.1 Å². The largest absolute Gasteiger partial charge is 0.305 e. The summed E-state index contributed by atoms with van der Waals surface area (Å²) in [6, 6.07) is 45.9. The zero-order valence-corrected chi connectivity index (χ0v) is 30.2. The van der Waals surface area contributed by atoms with Crippen molar-refractivity contribution >= 4 is 21.8 Å². The number of pyridine rings is 4. The van der Waals surface area contributed by atoms with Crippen LogP contribution in [0.2, 0.25) is 0 Å². The number of nitrogens with zero attached hydrogens (tertiary/aromatic N) is 4. The number of hydrogen-bond donors (Lipinski definition) is 0. The molecular formula is C44H34IrN4-2. The second-order valence-electron chi connectivity index (χ2n) is 12.1. The second kappa shape index (κ2) is 14.8. The first kappa shape index (κ1) is 33.5. The Balaban J connectivity index is 0.000000270. The van der Waals surface area contributed by atoms with Gasteiger partial charge in [0.1, 0.15) is 0 Å². The summed E-state index contributed by atoms with van der Waals surface area (Å²) in [5.41, 5.74) is 15.1. The molecule has 0 aliphatic rings. The van der Waals surface area contributed by atoms with Gasteiger partial charge in [-0.15, -0.1) is 65.2 Å². The summed E-state index contributed by atoms with van der Waals surface area (Å²) >= 11 is 0. The van der Waals surface area contributed by atoms with Crippen molar-refractivity contribution in [2.45, 2.75) is 27.7 Å². The Hall–Kier alpha value is -5.35. The molecular weight excluding hydrogens is 777 g/mol. The Morgan fingerprint density at radius 1 is 0.551 bits per heavy atom. The van der Waals surface area contributed by atoms with E-state index in [2.05, 4.69) is 97.5 Å². The molecule has 8 aromatic rings. The van der Waals surface area contributed by atoms with E-state index in [1.165, 1.54) is 22.3 Å². The first-order chi connectivity index (χ1) is 23.4. The second-order valence-corrected chi connectivity index (χ2v) is 12.1. The van der Waals surface area contributed by atoms with Gasteiger partial charge in [0.2, 0.25) is 0 Å². The van der Waals surface area contributed by atoms with Crippen LogP contribution in [0.1, 0.15) is 22.4 Å². The van der Waals surface area contributed by atoms with Gasteiger partial charge in [0.25, 0.3) is 0 Å². The maximum absolute atomic E-state index is 4.99. The van der Waals surface area contributed by atoms with Crippen LogP contribution in [0, 0.1) is 39.8 Å². The molecule has 1 radical (unpaired) electrons. The molecule has 0 fully saturated rings. The SMILES string of the molecule is Cc1cc(-c2cc(-c3ccccn3)[c-]cc2C)cc(-c2cc3ncc(C)cc3c3ccc(C)nc23)c1.[Ir].[c-]1ccccc1-c1ccccn1. The van der Waals surface area contributed by atoms with Crippen LogP contribution >= 0.6 is 0 Å². The molecule has 0 unspecified atom stereocenters. The van der Waals surface area contributed by atoms with Crippen LogP contribution < -0.4 is 0 Å².